The van der Waals surface area contributed by atoms with Crippen molar-refractivity contribution in [1.82, 2.24) is 0 Å². The molecule has 0 rings (SSSR count). The molecule has 0 heterocycles. The Bertz CT molecular complexity index is 1690. The van der Waals surface area contributed by atoms with Gasteiger partial charge in [0.2, 0.25) is 0 Å². The lowest BCUT2D eigenvalue weighted by Gasteiger charge is -2.44. The van der Waals surface area contributed by atoms with Gasteiger partial charge in [-0.1, -0.05) is 0 Å². The van der Waals surface area contributed by atoms with Crippen molar-refractivity contribution >= 4 is 0 Å². The zero-order chi connectivity index (χ0) is 56.1. The normalized spacial score (nSPS) is 16.7. The minimum Gasteiger partial charge on any atom is -0.390 e. The van der Waals surface area contributed by atoms with Gasteiger partial charge in [0, 0.05) is 0 Å². The Kier molecular flexibility index (Phi) is 16.9. The molecule has 0 amide bonds. The van der Waals surface area contributed by atoms with Crippen LogP contribution in [0.25, 0.3) is 0 Å². The van der Waals surface area contributed by atoms with Crippen molar-refractivity contribution in [1.29, 1.82) is 0 Å². The van der Waals surface area contributed by atoms with Crippen LogP contribution in [0.3, 0.4) is 0 Å². The van der Waals surface area contributed by atoms with Crippen molar-refractivity contribution in [2.24, 2.45) is 0 Å². The smallest absolute Gasteiger partial charge is 0.385 e. The Balaban J connectivity index is 0. The van der Waals surface area contributed by atoms with E-state index in [2.05, 4.69) is 0 Å². The van der Waals surface area contributed by atoms with Crippen molar-refractivity contribution < 1.29 is 195 Å². The molecule has 0 aliphatic carbocycles. The first kappa shape index (κ1) is 66.1. The fourth-order valence-corrected chi connectivity index (χ4v) is 3.52. The molecule has 67 heavy (non-hydrogen) atoms. The Labute approximate surface area is 334 Å². The summed E-state index contributed by atoms with van der Waals surface area (Å²) in [6, 6.07) is 0. The molecule has 44 heteroatoms. The van der Waals surface area contributed by atoms with Gasteiger partial charge in [0.25, 0.3) is 0 Å². The summed E-state index contributed by atoms with van der Waals surface area (Å²) in [6.45, 7) is -7.24. The first-order valence-electron chi connectivity index (χ1n) is 14.2. The summed E-state index contributed by atoms with van der Waals surface area (Å²) in [7, 11) is 0. The second-order valence-corrected chi connectivity index (χ2v) is 12.2. The minimum absolute atomic E-state index is 3.58. The average Bonchev–Trinajstić information content (AvgIpc) is 3.13. The van der Waals surface area contributed by atoms with Crippen molar-refractivity contribution in [3.05, 3.63) is 0 Å². The molecule has 0 radical (unpaired) electrons. The molecule has 0 bridgehead atoms. The summed E-state index contributed by atoms with van der Waals surface area (Å²) in [4.78, 5) is 0. The molecule has 0 aliphatic heterocycles. The predicted octanol–water partition coefficient (Wildman–Crippen LogP) is 12.6. The van der Waals surface area contributed by atoms with Gasteiger partial charge in [-0.05, 0) is 0 Å². The van der Waals surface area contributed by atoms with E-state index in [4.69, 9.17) is 10.2 Å². The summed E-state index contributed by atoms with van der Waals surface area (Å²) in [5.74, 6) is -161. The van der Waals surface area contributed by atoms with Crippen LogP contribution in [0.5, 0.6) is 0 Å². The van der Waals surface area contributed by atoms with E-state index < -0.39 is 139 Å². The van der Waals surface area contributed by atoms with Crippen LogP contribution in [0.4, 0.5) is 184 Å². The van der Waals surface area contributed by atoms with Gasteiger partial charge >= 0.3 is 125 Å². The molecule has 0 spiro atoms. The van der Waals surface area contributed by atoms with E-state index in [0.717, 1.165) is 0 Å². The third kappa shape index (κ3) is 8.30. The van der Waals surface area contributed by atoms with Crippen LogP contribution in [0.15, 0.2) is 0 Å². The molecular weight excluding hydrogens is 1110 g/mol. The molecule has 2 N–H and O–H groups in total. The zero-order valence-corrected chi connectivity index (χ0v) is 28.8. The highest BCUT2D eigenvalue weighted by atomic mass is 19.4. The average molecular weight is 1110 g/mol. The Morgan fingerprint density at radius 2 is 0.299 bits per heavy atom. The number of aliphatic hydroxyl groups is 2. The molecule has 0 unspecified atom stereocenters. The maximum absolute atomic E-state index is 13.4. The quantitative estimate of drug-likeness (QED) is 0.112. The fraction of sp³-hybridized carbons (Fsp3) is 1.00. The standard InChI is InChI=1S/C12H4F22O.C11H4F20O/c13-2(14)4(17,18)6(21,22)8(25,26)10(29,30)12(33,34)11(31,32)9(27,28)7(23,24)5(19,20)3(15,16)1-35;12-2(13)4(16,17)6(20,21)8(24,25)10(28,29)11(30,31)9(26,27)7(22,23)5(18,19)3(14,15)1-32/h2,35H,1H2;2,32H,1H2. The van der Waals surface area contributed by atoms with Crippen molar-refractivity contribution in [3.8, 4) is 0 Å². The van der Waals surface area contributed by atoms with Crippen LogP contribution in [-0.4, -0.2) is 149 Å². The molecule has 0 aromatic carbocycles. The van der Waals surface area contributed by atoms with Gasteiger partial charge in [-0.2, -0.15) is 167 Å². The van der Waals surface area contributed by atoms with E-state index in [9.17, 15) is 184 Å². The predicted molar refractivity (Wildman–Crippen MR) is 120 cm³/mol. The van der Waals surface area contributed by atoms with Crippen molar-refractivity contribution in [2.75, 3.05) is 13.2 Å². The lowest BCUT2D eigenvalue weighted by atomic mass is 9.85. The highest BCUT2D eigenvalue weighted by Gasteiger charge is 2.99. The first-order valence-corrected chi connectivity index (χ1v) is 14.2. The van der Waals surface area contributed by atoms with Gasteiger partial charge in [-0.3, -0.25) is 0 Å². The number of rotatable bonds is 21. The van der Waals surface area contributed by atoms with E-state index in [0.29, 0.717) is 0 Å². The molecule has 0 atom stereocenters. The molecule has 0 aliphatic rings. The second kappa shape index (κ2) is 17.1. The van der Waals surface area contributed by atoms with Crippen molar-refractivity contribution in [3.63, 3.8) is 0 Å². The van der Waals surface area contributed by atoms with Crippen LogP contribution in [0.2, 0.25) is 0 Å². The van der Waals surface area contributed by atoms with Gasteiger partial charge in [-0.25, -0.2) is 17.6 Å². The van der Waals surface area contributed by atoms with Gasteiger partial charge in [0.15, 0.2) is 0 Å². The van der Waals surface area contributed by atoms with Crippen LogP contribution < -0.4 is 0 Å². The van der Waals surface area contributed by atoms with Crippen LogP contribution in [0.1, 0.15) is 0 Å². The van der Waals surface area contributed by atoms with Gasteiger partial charge < -0.3 is 10.2 Å². The number of aliphatic hydroxyl groups excluding tert-OH is 2. The monoisotopic (exact) mass is 1110 g/mol. The lowest BCUT2D eigenvalue weighted by Crippen LogP contribution is -2.77. The van der Waals surface area contributed by atoms with E-state index in [1.165, 1.54) is 0 Å². The summed E-state index contributed by atoms with van der Waals surface area (Å²) < 4.78 is 543. The minimum atomic E-state index is -9.28. The number of halogens is 42. The highest BCUT2D eigenvalue weighted by Crippen LogP contribution is 2.68. The second-order valence-electron chi connectivity index (χ2n) is 12.2. The van der Waals surface area contributed by atoms with Gasteiger partial charge in [0.05, 0.1) is 0 Å². The zero-order valence-electron chi connectivity index (χ0n) is 28.8. The SMILES string of the molecule is OCC(F)(F)C(F)(F)C(F)(F)C(F)(F)C(F)(F)C(F)(F)C(F)(F)C(F)(F)C(F)(F)C(F)(F)C(F)F.OCC(F)(F)C(F)(F)C(F)(F)C(F)(F)C(F)(F)C(F)(F)C(F)(F)C(F)(F)C(F)(F)C(F)F. The third-order valence-electron chi connectivity index (χ3n) is 7.83. The highest BCUT2D eigenvalue weighted by molar-refractivity contribution is 5.20. The largest absolute Gasteiger partial charge is 0.390 e. The third-order valence-corrected chi connectivity index (χ3v) is 7.83. The van der Waals surface area contributed by atoms with Crippen molar-refractivity contribution in [2.45, 2.75) is 125 Å². The topological polar surface area (TPSA) is 40.5 Å². The number of hydrogen-bond acceptors (Lipinski definition) is 2. The van der Waals surface area contributed by atoms with Crippen LogP contribution >= 0.6 is 0 Å². The molecule has 2 nitrogen and oxygen atoms in total. The Hall–Kier alpha value is -3.02. The van der Waals surface area contributed by atoms with Crippen LogP contribution in [-0.2, 0) is 0 Å². The molecule has 0 aromatic rings. The van der Waals surface area contributed by atoms with E-state index in [1.807, 2.05) is 0 Å². The molecule has 0 saturated carbocycles. The Morgan fingerprint density at radius 3 is 0.403 bits per heavy atom. The van der Waals surface area contributed by atoms with E-state index >= 15 is 0 Å². The molecular formula is C23H8F42O2. The van der Waals surface area contributed by atoms with E-state index in [-0.39, 0.29) is 0 Å². The van der Waals surface area contributed by atoms with E-state index in [1.54, 1.807) is 0 Å². The number of alkyl halides is 42. The maximum atomic E-state index is 13.4. The molecule has 0 saturated heterocycles. The summed E-state index contributed by atoms with van der Waals surface area (Å²) in [5.41, 5.74) is 0. The lowest BCUT2D eigenvalue weighted by molar-refractivity contribution is -0.471. The molecule has 0 fully saturated rings. The first-order chi connectivity index (χ1) is 28.3. The maximum Gasteiger partial charge on any atom is 0.385 e. The summed E-state index contributed by atoms with van der Waals surface area (Å²) in [5, 5.41) is 15.6. The number of hydrogen-bond donors (Lipinski definition) is 2. The summed E-state index contributed by atoms with van der Waals surface area (Å²) >= 11 is 0. The molecule has 406 valence electrons. The Morgan fingerprint density at radius 1 is 0.194 bits per heavy atom. The van der Waals surface area contributed by atoms with Crippen LogP contribution in [0, 0.1) is 0 Å². The van der Waals surface area contributed by atoms with Gasteiger partial charge in [0.1, 0.15) is 13.2 Å². The van der Waals surface area contributed by atoms with Gasteiger partial charge in [-0.15, -0.1) is 0 Å². The molecule has 0 aromatic heterocycles. The fourth-order valence-electron chi connectivity index (χ4n) is 3.52. The summed E-state index contributed by atoms with van der Waals surface area (Å²) in [6.07, 6.45) is -12.3.